The Bertz CT molecular complexity index is 1200. The molecule has 1 aromatic heterocycles. The molecule has 6 heteroatoms. The Morgan fingerprint density at radius 2 is 2.00 bits per heavy atom. The Kier molecular flexibility index (Phi) is 5.63. The SMILES string of the molecule is CC1CC2(C)C(CC[C@]2(O)C(=O)CSc2nc3ccccc3s2)C2CCC3=CC(=O)CCC3(C)C12. The number of hydrogen-bond donors (Lipinski definition) is 1. The van der Waals surface area contributed by atoms with E-state index in [4.69, 9.17) is 0 Å². The molecule has 1 aromatic carbocycles. The second kappa shape index (κ2) is 8.26. The first-order valence-electron chi connectivity index (χ1n) is 13.1. The summed E-state index contributed by atoms with van der Waals surface area (Å²) in [6.07, 6.45) is 8.00. The number of thioether (sulfide) groups is 1. The van der Waals surface area contributed by atoms with Gasteiger partial charge in [0.05, 0.1) is 16.0 Å². The Balaban J connectivity index is 1.24. The van der Waals surface area contributed by atoms with Crippen LogP contribution in [0.25, 0.3) is 10.2 Å². The predicted molar refractivity (Wildman–Crippen MR) is 142 cm³/mol. The summed E-state index contributed by atoms with van der Waals surface area (Å²) in [7, 11) is 0. The van der Waals surface area contributed by atoms with Crippen molar-refractivity contribution in [3.63, 3.8) is 0 Å². The molecule has 0 amide bonds. The van der Waals surface area contributed by atoms with Gasteiger partial charge in [0.2, 0.25) is 0 Å². The molecular formula is C29H35NO3S2. The van der Waals surface area contributed by atoms with Crippen molar-refractivity contribution < 1.29 is 14.7 Å². The van der Waals surface area contributed by atoms with Gasteiger partial charge in [-0.1, -0.05) is 50.2 Å². The minimum absolute atomic E-state index is 0.0247. The quantitative estimate of drug-likeness (QED) is 0.479. The zero-order chi connectivity index (χ0) is 24.6. The summed E-state index contributed by atoms with van der Waals surface area (Å²) in [6.45, 7) is 6.93. The fourth-order valence-corrected chi connectivity index (χ4v) is 10.9. The normalized spacial score (nSPS) is 40.7. The zero-order valence-electron chi connectivity index (χ0n) is 20.9. The molecule has 6 rings (SSSR count). The van der Waals surface area contributed by atoms with Crippen molar-refractivity contribution in [2.24, 2.45) is 34.5 Å². The number of nitrogens with zero attached hydrogens (tertiary/aromatic N) is 1. The number of allylic oxidation sites excluding steroid dienone is 1. The molecule has 4 aliphatic carbocycles. The summed E-state index contributed by atoms with van der Waals surface area (Å²) in [5.41, 5.74) is 0.767. The predicted octanol–water partition coefficient (Wildman–Crippen LogP) is 6.47. The van der Waals surface area contributed by atoms with E-state index in [1.807, 2.05) is 24.3 Å². The van der Waals surface area contributed by atoms with Crippen LogP contribution in [0.5, 0.6) is 0 Å². The van der Waals surface area contributed by atoms with Crippen LogP contribution in [0.2, 0.25) is 0 Å². The second-order valence-electron chi connectivity index (χ2n) is 12.0. The summed E-state index contributed by atoms with van der Waals surface area (Å²) < 4.78 is 2.02. The maximum absolute atomic E-state index is 13.7. The van der Waals surface area contributed by atoms with E-state index in [-0.39, 0.29) is 28.1 Å². The van der Waals surface area contributed by atoms with Gasteiger partial charge in [0.25, 0.3) is 0 Å². The monoisotopic (exact) mass is 509 g/mol. The number of fused-ring (bicyclic) bond motifs is 6. The lowest BCUT2D eigenvalue weighted by Gasteiger charge is -2.61. The molecule has 6 unspecified atom stereocenters. The maximum atomic E-state index is 13.7. The molecule has 35 heavy (non-hydrogen) atoms. The number of hydrogen-bond acceptors (Lipinski definition) is 6. The molecule has 4 aliphatic rings. The standard InChI is InChI=1S/C29H35NO3S2/c1-17-15-28(3)21(20-9-8-18-14-19(31)10-12-27(18,2)25(17)20)11-13-29(28,33)24(32)16-34-26-30-22-6-4-5-7-23(22)35-26/h4-7,14,17,20-21,25,33H,8-13,15-16H2,1-3H3/t17?,20?,21?,25?,27?,28?,29-/m0/s1. The van der Waals surface area contributed by atoms with Crippen LogP contribution >= 0.6 is 23.1 Å². The van der Waals surface area contributed by atoms with Crippen LogP contribution in [0, 0.1) is 34.5 Å². The van der Waals surface area contributed by atoms with E-state index in [9.17, 15) is 14.7 Å². The third-order valence-corrected chi connectivity index (χ3v) is 12.6. The Hall–Kier alpha value is -1.50. The van der Waals surface area contributed by atoms with Gasteiger partial charge < -0.3 is 5.11 Å². The van der Waals surface area contributed by atoms with Crippen LogP contribution < -0.4 is 0 Å². The van der Waals surface area contributed by atoms with Crippen LogP contribution in [0.1, 0.15) is 65.7 Å². The number of rotatable bonds is 4. The van der Waals surface area contributed by atoms with Crippen LogP contribution in [0.4, 0.5) is 0 Å². The average molecular weight is 510 g/mol. The van der Waals surface area contributed by atoms with Gasteiger partial charge in [0, 0.05) is 11.8 Å². The summed E-state index contributed by atoms with van der Waals surface area (Å²) in [5.74, 6) is 2.35. The van der Waals surface area contributed by atoms with E-state index >= 15 is 0 Å². The molecule has 186 valence electrons. The summed E-state index contributed by atoms with van der Waals surface area (Å²) >= 11 is 3.09. The first kappa shape index (κ1) is 23.9. The molecule has 1 heterocycles. The van der Waals surface area contributed by atoms with Crippen LogP contribution in [0.15, 0.2) is 40.3 Å². The molecule has 2 aromatic rings. The minimum atomic E-state index is -1.26. The van der Waals surface area contributed by atoms with Crippen LogP contribution in [-0.4, -0.2) is 33.0 Å². The fourth-order valence-electron chi connectivity index (χ4n) is 8.88. The van der Waals surface area contributed by atoms with Gasteiger partial charge >= 0.3 is 0 Å². The van der Waals surface area contributed by atoms with E-state index in [0.717, 1.165) is 46.7 Å². The molecule has 0 bridgehead atoms. The smallest absolute Gasteiger partial charge is 0.175 e. The Morgan fingerprint density at radius 1 is 1.20 bits per heavy atom. The third-order valence-electron chi connectivity index (χ3n) is 10.4. The van der Waals surface area contributed by atoms with Gasteiger partial charge in [0.1, 0.15) is 5.60 Å². The van der Waals surface area contributed by atoms with E-state index in [0.29, 0.717) is 36.5 Å². The maximum Gasteiger partial charge on any atom is 0.175 e. The highest BCUT2D eigenvalue weighted by Crippen LogP contribution is 2.69. The zero-order valence-corrected chi connectivity index (χ0v) is 22.5. The Morgan fingerprint density at radius 3 is 2.80 bits per heavy atom. The van der Waals surface area contributed by atoms with Crippen molar-refractivity contribution >= 4 is 44.9 Å². The number of carbonyl (C=O) groups excluding carboxylic acids is 2. The largest absolute Gasteiger partial charge is 0.381 e. The van der Waals surface area contributed by atoms with Gasteiger partial charge in [-0.3, -0.25) is 9.59 Å². The lowest BCUT2D eigenvalue weighted by atomic mass is 9.43. The number of aromatic nitrogens is 1. The molecular weight excluding hydrogens is 474 g/mol. The Labute approximate surface area is 216 Å². The van der Waals surface area contributed by atoms with Crippen molar-refractivity contribution in [3.8, 4) is 0 Å². The van der Waals surface area contributed by atoms with Crippen molar-refractivity contribution in [2.75, 3.05) is 5.75 Å². The number of para-hydroxylation sites is 1. The van der Waals surface area contributed by atoms with Crippen LogP contribution in [0.3, 0.4) is 0 Å². The molecule has 0 spiro atoms. The minimum Gasteiger partial charge on any atom is -0.381 e. The first-order valence-corrected chi connectivity index (χ1v) is 14.9. The van der Waals surface area contributed by atoms with Gasteiger partial charge in [-0.05, 0) is 85.8 Å². The van der Waals surface area contributed by atoms with Crippen molar-refractivity contribution in [1.82, 2.24) is 4.98 Å². The van der Waals surface area contributed by atoms with Crippen molar-refractivity contribution in [3.05, 3.63) is 35.9 Å². The number of ketones is 2. The van der Waals surface area contributed by atoms with Crippen molar-refractivity contribution in [2.45, 2.75) is 75.7 Å². The number of aliphatic hydroxyl groups is 1. The van der Waals surface area contributed by atoms with Gasteiger partial charge in [-0.25, -0.2) is 4.98 Å². The van der Waals surface area contributed by atoms with Gasteiger partial charge in [-0.15, -0.1) is 11.3 Å². The van der Waals surface area contributed by atoms with E-state index in [2.05, 4.69) is 31.8 Å². The fraction of sp³-hybridized carbons (Fsp3) is 0.621. The van der Waals surface area contributed by atoms with E-state index in [1.54, 1.807) is 11.3 Å². The van der Waals surface area contributed by atoms with E-state index in [1.165, 1.54) is 17.3 Å². The highest BCUT2D eigenvalue weighted by atomic mass is 32.2. The molecule has 3 fully saturated rings. The molecule has 4 nitrogen and oxygen atoms in total. The van der Waals surface area contributed by atoms with Crippen molar-refractivity contribution in [1.29, 1.82) is 0 Å². The summed E-state index contributed by atoms with van der Waals surface area (Å²) in [6, 6.07) is 8.05. The average Bonchev–Trinajstić information content (AvgIpc) is 3.36. The van der Waals surface area contributed by atoms with Gasteiger partial charge in [0.15, 0.2) is 15.9 Å². The molecule has 0 saturated heterocycles. The number of benzene rings is 1. The number of Topliss-reactive ketones (excluding diaryl/α,β-unsaturated/α-hetero) is 1. The second-order valence-corrected chi connectivity index (χ2v) is 14.3. The molecule has 1 N–H and O–H groups in total. The highest BCUT2D eigenvalue weighted by molar-refractivity contribution is 8.01. The number of thiazole rings is 1. The topological polar surface area (TPSA) is 67.3 Å². The first-order chi connectivity index (χ1) is 16.7. The highest BCUT2D eigenvalue weighted by Gasteiger charge is 2.67. The van der Waals surface area contributed by atoms with E-state index < -0.39 is 5.60 Å². The third kappa shape index (κ3) is 3.46. The lowest BCUT2D eigenvalue weighted by Crippen LogP contribution is -2.60. The molecule has 0 radical (unpaired) electrons. The van der Waals surface area contributed by atoms with Gasteiger partial charge in [-0.2, -0.15) is 0 Å². The summed E-state index contributed by atoms with van der Waals surface area (Å²) in [5, 5.41) is 12.0. The molecule has 3 saturated carbocycles. The van der Waals surface area contributed by atoms with Crippen LogP contribution in [-0.2, 0) is 9.59 Å². The molecule has 7 atom stereocenters. The lowest BCUT2D eigenvalue weighted by molar-refractivity contribution is -0.166. The molecule has 0 aliphatic heterocycles. The summed E-state index contributed by atoms with van der Waals surface area (Å²) in [4.78, 5) is 30.5. The number of carbonyl (C=O) groups is 2.